The van der Waals surface area contributed by atoms with Gasteiger partial charge in [-0.1, -0.05) is 30.3 Å². The van der Waals surface area contributed by atoms with Crippen molar-refractivity contribution in [1.82, 2.24) is 4.90 Å². The minimum absolute atomic E-state index is 0.108. The van der Waals surface area contributed by atoms with E-state index in [1.165, 1.54) is 16.5 Å². The van der Waals surface area contributed by atoms with Gasteiger partial charge in [-0.15, -0.1) is 0 Å². The molecule has 2 fully saturated rings. The molecule has 2 aliphatic carbocycles. The van der Waals surface area contributed by atoms with Gasteiger partial charge in [0.15, 0.2) is 5.78 Å². The highest BCUT2D eigenvalue weighted by Gasteiger charge is 2.57. The van der Waals surface area contributed by atoms with Crippen molar-refractivity contribution < 1.29 is 14.4 Å². The molecule has 1 heterocycles. The lowest BCUT2D eigenvalue weighted by molar-refractivity contribution is -0.144. The van der Waals surface area contributed by atoms with Gasteiger partial charge in [0.1, 0.15) is 5.41 Å². The fraction of sp³-hybridized carbons (Fsp3) is 0.435. The first-order valence-corrected chi connectivity index (χ1v) is 10.2. The zero-order valence-electron chi connectivity index (χ0n) is 15.9. The number of hydrogen-bond donors (Lipinski definition) is 1. The minimum Gasteiger partial charge on any atom is -0.369 e. The Morgan fingerprint density at radius 1 is 1.04 bits per heavy atom. The summed E-state index contributed by atoms with van der Waals surface area (Å²) in [5.74, 6) is -0.826. The summed E-state index contributed by atoms with van der Waals surface area (Å²) in [5.41, 5.74) is 7.86. The second kappa shape index (κ2) is 6.16. The van der Waals surface area contributed by atoms with Crippen LogP contribution in [0.1, 0.15) is 47.2 Å². The third kappa shape index (κ3) is 2.49. The maximum atomic E-state index is 13.4. The van der Waals surface area contributed by atoms with Crippen molar-refractivity contribution in [3.05, 3.63) is 47.0 Å². The summed E-state index contributed by atoms with van der Waals surface area (Å²) < 4.78 is 0. The van der Waals surface area contributed by atoms with Crippen molar-refractivity contribution >= 4 is 28.4 Å². The van der Waals surface area contributed by atoms with Crippen molar-refractivity contribution in [2.24, 2.45) is 17.1 Å². The van der Waals surface area contributed by atoms with Crippen LogP contribution >= 0.6 is 0 Å². The molecule has 5 heteroatoms. The fourth-order valence-corrected chi connectivity index (χ4v) is 5.05. The van der Waals surface area contributed by atoms with E-state index in [0.29, 0.717) is 25.9 Å². The van der Waals surface area contributed by atoms with Gasteiger partial charge in [-0.05, 0) is 60.4 Å². The lowest BCUT2D eigenvalue weighted by Crippen LogP contribution is -2.48. The van der Waals surface area contributed by atoms with Gasteiger partial charge in [-0.2, -0.15) is 0 Å². The van der Waals surface area contributed by atoms with Crippen LogP contribution in [0.4, 0.5) is 0 Å². The number of likely N-dealkylation sites (tertiary alicyclic amines) is 1. The van der Waals surface area contributed by atoms with Crippen molar-refractivity contribution in [3.8, 4) is 0 Å². The van der Waals surface area contributed by atoms with E-state index in [9.17, 15) is 14.4 Å². The number of rotatable bonds is 4. The summed E-state index contributed by atoms with van der Waals surface area (Å²) in [6.45, 7) is 0.983. The molecule has 1 atom stereocenters. The number of hydrogen-bond acceptors (Lipinski definition) is 3. The van der Waals surface area contributed by atoms with Crippen LogP contribution < -0.4 is 5.73 Å². The second-order valence-corrected chi connectivity index (χ2v) is 8.51. The number of aryl methyl sites for hydroxylation is 2. The van der Waals surface area contributed by atoms with Crippen LogP contribution in [0.25, 0.3) is 10.8 Å². The fourth-order valence-electron chi connectivity index (χ4n) is 5.05. The molecule has 1 aliphatic heterocycles. The molecular weight excluding hydrogens is 352 g/mol. The van der Waals surface area contributed by atoms with Crippen molar-refractivity contribution in [2.75, 3.05) is 13.1 Å². The lowest BCUT2D eigenvalue weighted by Gasteiger charge is -2.34. The van der Waals surface area contributed by atoms with Crippen LogP contribution in [0.15, 0.2) is 30.3 Å². The van der Waals surface area contributed by atoms with E-state index in [1.807, 2.05) is 18.2 Å². The first-order chi connectivity index (χ1) is 13.5. The molecule has 1 saturated heterocycles. The van der Waals surface area contributed by atoms with Gasteiger partial charge < -0.3 is 10.6 Å². The van der Waals surface area contributed by atoms with Gasteiger partial charge in [0.25, 0.3) is 0 Å². The van der Waals surface area contributed by atoms with E-state index in [4.69, 9.17) is 5.73 Å². The monoisotopic (exact) mass is 376 g/mol. The molecule has 2 aromatic rings. The maximum absolute atomic E-state index is 13.4. The highest BCUT2D eigenvalue weighted by atomic mass is 16.2. The Hall–Kier alpha value is -2.69. The van der Waals surface area contributed by atoms with Crippen LogP contribution in [0.3, 0.4) is 0 Å². The number of piperidine rings is 1. The summed E-state index contributed by atoms with van der Waals surface area (Å²) in [6.07, 6.45) is 4.68. The van der Waals surface area contributed by atoms with Crippen LogP contribution in [0, 0.1) is 11.3 Å². The topological polar surface area (TPSA) is 80.5 Å². The Balaban J connectivity index is 1.43. The van der Waals surface area contributed by atoms with Crippen molar-refractivity contribution in [2.45, 2.75) is 38.5 Å². The van der Waals surface area contributed by atoms with Gasteiger partial charge in [0, 0.05) is 24.6 Å². The van der Waals surface area contributed by atoms with E-state index in [1.54, 1.807) is 4.90 Å². The number of carbonyl (C=O) groups excluding carboxylic acids is 3. The molecular formula is C23H24N2O3. The summed E-state index contributed by atoms with van der Waals surface area (Å²) in [5, 5.41) is 2.28. The van der Waals surface area contributed by atoms with Crippen molar-refractivity contribution in [1.29, 1.82) is 0 Å². The highest BCUT2D eigenvalue weighted by molar-refractivity contribution is 6.11. The van der Waals surface area contributed by atoms with Crippen LogP contribution in [-0.2, 0) is 22.4 Å². The molecule has 2 N–H and O–H groups in total. The van der Waals surface area contributed by atoms with Gasteiger partial charge in [0.05, 0.1) is 0 Å². The molecule has 0 aromatic heterocycles. The third-order valence-electron chi connectivity index (χ3n) is 6.85. The molecule has 2 amide bonds. The second-order valence-electron chi connectivity index (χ2n) is 8.51. The number of Topliss-reactive ketones (excluding diaryl/α,β-unsaturated/α-hetero) is 1. The third-order valence-corrected chi connectivity index (χ3v) is 6.85. The minimum atomic E-state index is -1.01. The number of nitrogens with two attached hydrogens (primary N) is 1. The molecule has 5 rings (SSSR count). The summed E-state index contributed by atoms with van der Waals surface area (Å²) in [4.78, 5) is 39.7. The molecule has 5 nitrogen and oxygen atoms in total. The standard InChI is InChI=1S/C23H24N2O3/c24-21(27)23(10-11-23)22(28)25-12-2-4-16(13-25)20(26)18-9-8-15-7-6-14-3-1-5-17(18)19(14)15/h1,3,5,8-9,16H,2,4,6-7,10-13H2,(H2,24,27). The summed E-state index contributed by atoms with van der Waals surface area (Å²) in [6, 6.07) is 10.3. The maximum Gasteiger partial charge on any atom is 0.238 e. The normalized spacial score (nSPS) is 22.3. The Bertz CT molecular complexity index is 1010. The molecule has 0 bridgehead atoms. The first-order valence-electron chi connectivity index (χ1n) is 10.2. The summed E-state index contributed by atoms with van der Waals surface area (Å²) >= 11 is 0. The molecule has 28 heavy (non-hydrogen) atoms. The van der Waals surface area contributed by atoms with Gasteiger partial charge >= 0.3 is 0 Å². The average molecular weight is 376 g/mol. The highest BCUT2D eigenvalue weighted by Crippen LogP contribution is 2.47. The largest absolute Gasteiger partial charge is 0.369 e. The van der Waals surface area contributed by atoms with Crippen LogP contribution in [0.5, 0.6) is 0 Å². The van der Waals surface area contributed by atoms with Crippen molar-refractivity contribution in [3.63, 3.8) is 0 Å². The van der Waals surface area contributed by atoms with E-state index < -0.39 is 11.3 Å². The Morgan fingerprint density at radius 2 is 1.79 bits per heavy atom. The quantitative estimate of drug-likeness (QED) is 0.658. The average Bonchev–Trinajstić information content (AvgIpc) is 3.44. The van der Waals surface area contributed by atoms with Gasteiger partial charge in [-0.25, -0.2) is 0 Å². The SMILES string of the molecule is NC(=O)C1(C(=O)N2CCCC(C(=O)c3ccc4c5c(cccc35)CC4)C2)CC1. The predicted molar refractivity (Wildman–Crippen MR) is 106 cm³/mol. The lowest BCUT2D eigenvalue weighted by atomic mass is 9.86. The first kappa shape index (κ1) is 17.4. The molecule has 144 valence electrons. The molecule has 0 radical (unpaired) electrons. The van der Waals surface area contributed by atoms with Gasteiger partial charge in [-0.3, -0.25) is 14.4 Å². The van der Waals surface area contributed by atoms with E-state index in [-0.39, 0.29) is 17.6 Å². The molecule has 1 saturated carbocycles. The number of amides is 2. The van der Waals surface area contributed by atoms with E-state index in [2.05, 4.69) is 12.1 Å². The van der Waals surface area contributed by atoms with E-state index in [0.717, 1.165) is 36.6 Å². The zero-order chi connectivity index (χ0) is 19.5. The molecule has 0 spiro atoms. The molecule has 2 aromatic carbocycles. The zero-order valence-corrected chi connectivity index (χ0v) is 15.9. The Morgan fingerprint density at radius 3 is 2.50 bits per heavy atom. The molecule has 1 unspecified atom stereocenters. The predicted octanol–water partition coefficient (Wildman–Crippen LogP) is 2.63. The number of nitrogens with zero attached hydrogens (tertiary/aromatic N) is 1. The molecule has 3 aliphatic rings. The smallest absolute Gasteiger partial charge is 0.238 e. The number of benzene rings is 2. The van der Waals surface area contributed by atoms with Crippen LogP contribution in [0.2, 0.25) is 0 Å². The number of carbonyl (C=O) groups is 3. The number of primary amides is 1. The Labute approximate surface area is 163 Å². The van der Waals surface area contributed by atoms with Gasteiger partial charge in [0.2, 0.25) is 11.8 Å². The summed E-state index contributed by atoms with van der Waals surface area (Å²) in [7, 11) is 0. The van der Waals surface area contributed by atoms with Crippen LogP contribution in [-0.4, -0.2) is 35.6 Å². The Kier molecular flexibility index (Phi) is 3.83. The van der Waals surface area contributed by atoms with E-state index >= 15 is 0 Å². The number of ketones is 1.